The number of nitrogens with one attached hydrogen (secondary N) is 1. The highest BCUT2D eigenvalue weighted by Gasteiger charge is 2.21. The van der Waals surface area contributed by atoms with Crippen molar-refractivity contribution in [1.82, 2.24) is 0 Å². The standard InChI is InChI=1S/C20H23NO5S/c1-12-4-5-17-13(6-12)7-18(27-17)20(23)26-11-19(22)21-14-8-15(24-2)10-16(9-14)25-3/h7-10,12H,4-6,11H2,1-3H3,(H,21,22). The van der Waals surface area contributed by atoms with Crippen LogP contribution >= 0.6 is 11.3 Å². The molecule has 7 heteroatoms. The van der Waals surface area contributed by atoms with Crippen LogP contribution < -0.4 is 14.8 Å². The zero-order valence-electron chi connectivity index (χ0n) is 15.7. The Morgan fingerprint density at radius 2 is 1.85 bits per heavy atom. The monoisotopic (exact) mass is 389 g/mol. The first-order valence-electron chi connectivity index (χ1n) is 8.80. The minimum atomic E-state index is -0.458. The van der Waals surface area contributed by atoms with Gasteiger partial charge in [-0.05, 0) is 36.8 Å². The van der Waals surface area contributed by atoms with Crippen molar-refractivity contribution in [3.05, 3.63) is 39.6 Å². The van der Waals surface area contributed by atoms with Gasteiger partial charge < -0.3 is 19.5 Å². The molecule has 0 saturated carbocycles. The maximum absolute atomic E-state index is 12.3. The van der Waals surface area contributed by atoms with Crippen LogP contribution in [0, 0.1) is 5.92 Å². The van der Waals surface area contributed by atoms with E-state index in [1.165, 1.54) is 36.0 Å². The van der Waals surface area contributed by atoms with E-state index in [9.17, 15) is 9.59 Å². The number of esters is 1. The van der Waals surface area contributed by atoms with Gasteiger partial charge >= 0.3 is 5.97 Å². The third-order valence-electron chi connectivity index (χ3n) is 4.50. The summed E-state index contributed by atoms with van der Waals surface area (Å²) in [6, 6.07) is 6.94. The second kappa shape index (κ2) is 8.43. The molecule has 1 amide bonds. The SMILES string of the molecule is COc1cc(NC(=O)COC(=O)c2cc3c(s2)CCC(C)C3)cc(OC)c1. The summed E-state index contributed by atoms with van der Waals surface area (Å²) in [5, 5.41) is 2.68. The van der Waals surface area contributed by atoms with Crippen LogP contribution in [0.2, 0.25) is 0 Å². The van der Waals surface area contributed by atoms with E-state index in [2.05, 4.69) is 12.2 Å². The lowest BCUT2D eigenvalue weighted by Gasteiger charge is -2.16. The van der Waals surface area contributed by atoms with Crippen LogP contribution in [-0.4, -0.2) is 32.7 Å². The molecule has 144 valence electrons. The van der Waals surface area contributed by atoms with E-state index in [1.807, 2.05) is 6.07 Å². The van der Waals surface area contributed by atoms with E-state index in [0.717, 1.165) is 19.3 Å². The van der Waals surface area contributed by atoms with Crippen LogP contribution in [-0.2, 0) is 22.4 Å². The van der Waals surface area contributed by atoms with Crippen LogP contribution in [0.15, 0.2) is 24.3 Å². The first-order valence-corrected chi connectivity index (χ1v) is 9.61. The van der Waals surface area contributed by atoms with E-state index in [4.69, 9.17) is 14.2 Å². The average Bonchev–Trinajstić information content (AvgIpc) is 3.08. The molecule has 1 aliphatic carbocycles. The number of rotatable bonds is 6. The van der Waals surface area contributed by atoms with Crippen molar-refractivity contribution >= 4 is 28.9 Å². The molecule has 1 aromatic carbocycles. The highest BCUT2D eigenvalue weighted by atomic mass is 32.1. The predicted octanol–water partition coefficient (Wildman–Crippen LogP) is 3.69. The van der Waals surface area contributed by atoms with E-state index in [1.54, 1.807) is 18.2 Å². The lowest BCUT2D eigenvalue weighted by Crippen LogP contribution is -2.20. The minimum Gasteiger partial charge on any atom is -0.497 e. The van der Waals surface area contributed by atoms with Crippen molar-refractivity contribution in [2.45, 2.75) is 26.2 Å². The van der Waals surface area contributed by atoms with Crippen molar-refractivity contribution in [3.8, 4) is 11.5 Å². The lowest BCUT2D eigenvalue weighted by molar-refractivity contribution is -0.119. The highest BCUT2D eigenvalue weighted by molar-refractivity contribution is 7.14. The molecule has 3 rings (SSSR count). The van der Waals surface area contributed by atoms with Crippen molar-refractivity contribution in [3.63, 3.8) is 0 Å². The summed E-state index contributed by atoms with van der Waals surface area (Å²) < 4.78 is 15.5. The third-order valence-corrected chi connectivity index (χ3v) is 5.72. The maximum atomic E-state index is 12.3. The molecule has 2 aromatic rings. The van der Waals surface area contributed by atoms with Crippen molar-refractivity contribution < 1.29 is 23.8 Å². The van der Waals surface area contributed by atoms with Gasteiger partial charge in [0.1, 0.15) is 16.4 Å². The number of thiophene rings is 1. The minimum absolute atomic E-state index is 0.350. The summed E-state index contributed by atoms with van der Waals surface area (Å²) in [5.74, 6) is 0.871. The average molecular weight is 389 g/mol. The summed E-state index contributed by atoms with van der Waals surface area (Å²) in [7, 11) is 3.06. The number of aryl methyl sites for hydroxylation is 1. The van der Waals surface area contributed by atoms with E-state index < -0.39 is 11.9 Å². The van der Waals surface area contributed by atoms with E-state index in [-0.39, 0.29) is 6.61 Å². The van der Waals surface area contributed by atoms with Gasteiger partial charge in [-0.3, -0.25) is 4.79 Å². The number of benzene rings is 1. The van der Waals surface area contributed by atoms with Crippen LogP contribution in [0.5, 0.6) is 11.5 Å². The number of ether oxygens (including phenoxy) is 3. The van der Waals surface area contributed by atoms with Gasteiger partial charge in [-0.2, -0.15) is 0 Å². The van der Waals surface area contributed by atoms with Gasteiger partial charge in [-0.15, -0.1) is 11.3 Å². The number of amides is 1. The number of methoxy groups -OCH3 is 2. The molecule has 0 fully saturated rings. The van der Waals surface area contributed by atoms with Crippen LogP contribution in [0.3, 0.4) is 0 Å². The van der Waals surface area contributed by atoms with Gasteiger partial charge in [0.05, 0.1) is 14.2 Å². The number of hydrogen-bond acceptors (Lipinski definition) is 6. The number of fused-ring (bicyclic) bond motifs is 1. The summed E-state index contributed by atoms with van der Waals surface area (Å²) in [6.45, 7) is 1.87. The zero-order valence-corrected chi connectivity index (χ0v) is 16.5. The topological polar surface area (TPSA) is 73.9 Å². The molecule has 0 saturated heterocycles. The van der Waals surface area contributed by atoms with Crippen molar-refractivity contribution in [2.75, 3.05) is 26.1 Å². The van der Waals surface area contributed by atoms with Crippen LogP contribution in [0.25, 0.3) is 0 Å². The Labute approximate surface area is 162 Å². The normalized spacial score (nSPS) is 15.6. The number of carbonyl (C=O) groups is 2. The van der Waals surface area contributed by atoms with Crippen LogP contribution in [0.4, 0.5) is 5.69 Å². The lowest BCUT2D eigenvalue weighted by atomic mass is 9.90. The van der Waals surface area contributed by atoms with Crippen molar-refractivity contribution in [2.24, 2.45) is 5.92 Å². The molecule has 1 N–H and O–H groups in total. The summed E-state index contributed by atoms with van der Waals surface area (Å²) >= 11 is 1.47. The largest absolute Gasteiger partial charge is 0.497 e. The fourth-order valence-electron chi connectivity index (χ4n) is 3.09. The molecule has 0 radical (unpaired) electrons. The molecule has 0 bridgehead atoms. The quantitative estimate of drug-likeness (QED) is 0.763. The number of anilines is 1. The Morgan fingerprint density at radius 1 is 1.15 bits per heavy atom. The van der Waals surface area contributed by atoms with Gasteiger partial charge in [0.2, 0.25) is 0 Å². The molecule has 1 unspecified atom stereocenters. The molecule has 0 aliphatic heterocycles. The molecule has 1 aliphatic rings. The molecule has 1 atom stereocenters. The Morgan fingerprint density at radius 3 is 2.52 bits per heavy atom. The fourth-order valence-corrected chi connectivity index (χ4v) is 4.19. The highest BCUT2D eigenvalue weighted by Crippen LogP contribution is 2.32. The molecular weight excluding hydrogens is 366 g/mol. The Hall–Kier alpha value is -2.54. The molecule has 1 aromatic heterocycles. The Balaban J connectivity index is 1.57. The molecule has 0 spiro atoms. The first-order chi connectivity index (χ1) is 13.0. The second-order valence-corrected chi connectivity index (χ2v) is 7.77. The Kier molecular flexibility index (Phi) is 6.01. The number of carbonyl (C=O) groups excluding carboxylic acids is 2. The molecule has 6 nitrogen and oxygen atoms in total. The van der Waals surface area contributed by atoms with E-state index in [0.29, 0.717) is 28.0 Å². The Bertz CT molecular complexity index is 823. The molecular formula is C20H23NO5S. The van der Waals surface area contributed by atoms with Gasteiger partial charge in [0, 0.05) is 28.8 Å². The van der Waals surface area contributed by atoms with Crippen LogP contribution in [0.1, 0.15) is 33.5 Å². The maximum Gasteiger partial charge on any atom is 0.348 e. The predicted molar refractivity (Wildman–Crippen MR) is 104 cm³/mol. The van der Waals surface area contributed by atoms with Gasteiger partial charge in [0.25, 0.3) is 5.91 Å². The first kappa shape index (κ1) is 19.2. The molecule has 1 heterocycles. The van der Waals surface area contributed by atoms with E-state index >= 15 is 0 Å². The fraction of sp³-hybridized carbons (Fsp3) is 0.400. The molecule has 27 heavy (non-hydrogen) atoms. The third kappa shape index (κ3) is 4.80. The summed E-state index contributed by atoms with van der Waals surface area (Å²) in [5.41, 5.74) is 1.74. The van der Waals surface area contributed by atoms with Gasteiger partial charge in [-0.25, -0.2) is 4.79 Å². The summed E-state index contributed by atoms with van der Waals surface area (Å²) in [6.07, 6.45) is 3.15. The zero-order chi connectivity index (χ0) is 19.4. The summed E-state index contributed by atoms with van der Waals surface area (Å²) in [4.78, 5) is 26.2. The van der Waals surface area contributed by atoms with Crippen molar-refractivity contribution in [1.29, 1.82) is 0 Å². The van der Waals surface area contributed by atoms with Gasteiger partial charge in [0.15, 0.2) is 6.61 Å². The van der Waals surface area contributed by atoms with Gasteiger partial charge in [-0.1, -0.05) is 6.92 Å². The smallest absolute Gasteiger partial charge is 0.348 e. The number of hydrogen-bond donors (Lipinski definition) is 1. The second-order valence-electron chi connectivity index (χ2n) is 6.63.